The normalized spacial score (nSPS) is 17.5. The Hall–Kier alpha value is -1.96. The minimum atomic E-state index is 0.488. The first-order valence-corrected chi connectivity index (χ1v) is 13.7. The number of hydrogen-bond donors (Lipinski definition) is 0. The Balaban J connectivity index is 2.14. The summed E-state index contributed by atoms with van der Waals surface area (Å²) >= 11 is 0. The molecule has 0 aromatic heterocycles. The van der Waals surface area contributed by atoms with Gasteiger partial charge in [-0.25, -0.2) is 0 Å². The molecule has 2 aromatic rings. The predicted octanol–water partition coefficient (Wildman–Crippen LogP) is 8.70. The highest BCUT2D eigenvalue weighted by atomic mass is 15.2. The zero-order valence-electron chi connectivity index (χ0n) is 22.1. The quantitative estimate of drug-likeness (QED) is 0.438. The van der Waals surface area contributed by atoms with Crippen molar-refractivity contribution in [3.63, 3.8) is 0 Å². The number of hydrogen-bond acceptors (Lipinski definition) is 2. The smallest absolute Gasteiger partial charge is 0.0463 e. The summed E-state index contributed by atoms with van der Waals surface area (Å²) in [4.78, 5) is 5.55. The topological polar surface area (TPSA) is 6.48 Å². The van der Waals surface area contributed by atoms with E-state index in [0.29, 0.717) is 17.8 Å². The Morgan fingerprint density at radius 3 is 1.27 bits per heavy atom. The lowest BCUT2D eigenvalue weighted by Crippen LogP contribution is -2.35. The Bertz CT molecular complexity index is 863. The van der Waals surface area contributed by atoms with Gasteiger partial charge in [0.1, 0.15) is 0 Å². The van der Waals surface area contributed by atoms with E-state index in [1.54, 1.807) is 28.1 Å². The van der Waals surface area contributed by atoms with E-state index in [2.05, 4.69) is 81.7 Å². The van der Waals surface area contributed by atoms with Crippen molar-refractivity contribution < 1.29 is 0 Å². The summed E-state index contributed by atoms with van der Waals surface area (Å²) in [5.41, 5.74) is 10.9. The van der Waals surface area contributed by atoms with Crippen LogP contribution in [0.3, 0.4) is 0 Å². The molecule has 2 heteroatoms. The van der Waals surface area contributed by atoms with Crippen LogP contribution in [0.5, 0.6) is 0 Å². The number of benzene rings is 2. The number of anilines is 2. The predicted molar refractivity (Wildman–Crippen MR) is 146 cm³/mol. The van der Waals surface area contributed by atoms with Gasteiger partial charge in [-0.05, 0) is 78.5 Å². The van der Waals surface area contributed by atoms with E-state index in [0.717, 1.165) is 0 Å². The second kappa shape index (κ2) is 10.5. The van der Waals surface area contributed by atoms with E-state index >= 15 is 0 Å². The van der Waals surface area contributed by atoms with Crippen molar-refractivity contribution in [2.24, 2.45) is 0 Å². The van der Waals surface area contributed by atoms with Gasteiger partial charge in [-0.15, -0.1) is 0 Å². The minimum Gasteiger partial charge on any atom is -0.371 e. The summed E-state index contributed by atoms with van der Waals surface area (Å²) in [5, 5.41) is 0. The van der Waals surface area contributed by atoms with Crippen LogP contribution in [0.2, 0.25) is 0 Å². The lowest BCUT2D eigenvalue weighted by atomic mass is 9.77. The molecule has 0 radical (unpaired) electrons. The average molecular weight is 447 g/mol. The first kappa shape index (κ1) is 24.2. The molecule has 0 unspecified atom stereocenters. The maximum atomic E-state index is 2.78. The van der Waals surface area contributed by atoms with Crippen LogP contribution < -0.4 is 9.80 Å². The molecule has 0 bridgehead atoms. The van der Waals surface area contributed by atoms with Crippen molar-refractivity contribution in [3.05, 3.63) is 47.0 Å². The molecule has 2 heterocycles. The number of piperidine rings is 2. The monoisotopic (exact) mass is 446 g/mol. The summed E-state index contributed by atoms with van der Waals surface area (Å²) in [5.74, 6) is 1.49. The summed E-state index contributed by atoms with van der Waals surface area (Å²) < 4.78 is 0. The molecule has 2 saturated heterocycles. The van der Waals surface area contributed by atoms with Crippen molar-refractivity contribution in [2.75, 3.05) is 36.0 Å². The number of rotatable bonds is 6. The fourth-order valence-corrected chi connectivity index (χ4v) is 6.29. The summed E-state index contributed by atoms with van der Waals surface area (Å²) in [6.45, 7) is 19.4. The molecule has 0 N–H and O–H groups in total. The second-order valence-electron chi connectivity index (χ2n) is 11.2. The molecule has 0 spiro atoms. The molecule has 0 aliphatic carbocycles. The van der Waals surface area contributed by atoms with Crippen molar-refractivity contribution in [3.8, 4) is 11.1 Å². The molecular formula is C31H46N2. The third kappa shape index (κ3) is 4.81. The first-order valence-electron chi connectivity index (χ1n) is 13.7. The number of nitrogens with zero attached hydrogens (tertiary/aromatic N) is 2. The standard InChI is InChI=1S/C31H46N2/c1-22(2)26-29(25-16-10-7-11-17-25)27(23(3)4)31(33-20-14-9-15-21-33)28(24(5)6)30(26)32-18-12-8-13-19-32/h7,10-11,16-17,22-24H,8-9,12-15,18-21H2,1-6H3. The third-order valence-electron chi connectivity index (χ3n) is 7.70. The van der Waals surface area contributed by atoms with Crippen LogP contribution >= 0.6 is 0 Å². The molecule has 0 saturated carbocycles. The fourth-order valence-electron chi connectivity index (χ4n) is 6.29. The molecule has 4 rings (SSSR count). The van der Waals surface area contributed by atoms with Crippen LogP contribution in [0, 0.1) is 0 Å². The minimum absolute atomic E-state index is 0.488. The van der Waals surface area contributed by atoms with Gasteiger partial charge in [0.15, 0.2) is 0 Å². The second-order valence-corrected chi connectivity index (χ2v) is 11.2. The van der Waals surface area contributed by atoms with E-state index in [9.17, 15) is 0 Å². The van der Waals surface area contributed by atoms with Crippen LogP contribution in [0.25, 0.3) is 11.1 Å². The highest BCUT2D eigenvalue weighted by molar-refractivity contribution is 5.89. The maximum Gasteiger partial charge on any atom is 0.0463 e. The summed E-state index contributed by atoms with van der Waals surface area (Å²) in [6, 6.07) is 11.3. The van der Waals surface area contributed by atoms with Gasteiger partial charge < -0.3 is 9.80 Å². The van der Waals surface area contributed by atoms with Crippen molar-refractivity contribution in [1.82, 2.24) is 0 Å². The summed E-state index contributed by atoms with van der Waals surface area (Å²) in [6.07, 6.45) is 8.03. The zero-order chi connectivity index (χ0) is 23.5. The van der Waals surface area contributed by atoms with E-state index in [1.807, 2.05) is 0 Å². The van der Waals surface area contributed by atoms with Crippen LogP contribution in [0.15, 0.2) is 30.3 Å². The molecule has 2 fully saturated rings. The lowest BCUT2D eigenvalue weighted by Gasteiger charge is -2.42. The van der Waals surface area contributed by atoms with Gasteiger partial charge in [0.05, 0.1) is 0 Å². The molecule has 2 nitrogen and oxygen atoms in total. The molecule has 0 atom stereocenters. The van der Waals surface area contributed by atoms with Gasteiger partial charge in [-0.3, -0.25) is 0 Å². The van der Waals surface area contributed by atoms with Crippen LogP contribution in [0.4, 0.5) is 11.4 Å². The molecule has 180 valence electrons. The van der Waals surface area contributed by atoms with Gasteiger partial charge in [-0.1, -0.05) is 71.9 Å². The van der Waals surface area contributed by atoms with Crippen molar-refractivity contribution in [1.29, 1.82) is 0 Å². The Morgan fingerprint density at radius 1 is 0.515 bits per heavy atom. The summed E-state index contributed by atoms with van der Waals surface area (Å²) in [7, 11) is 0. The lowest BCUT2D eigenvalue weighted by molar-refractivity contribution is 0.564. The highest BCUT2D eigenvalue weighted by Crippen LogP contribution is 2.52. The third-order valence-corrected chi connectivity index (χ3v) is 7.70. The van der Waals surface area contributed by atoms with E-state index in [1.165, 1.54) is 75.8 Å². The fraction of sp³-hybridized carbons (Fsp3) is 0.613. The van der Waals surface area contributed by atoms with Crippen LogP contribution in [0.1, 0.15) is 115 Å². The van der Waals surface area contributed by atoms with E-state index in [-0.39, 0.29) is 0 Å². The molecule has 2 aromatic carbocycles. The Kier molecular flexibility index (Phi) is 7.72. The molecule has 33 heavy (non-hydrogen) atoms. The van der Waals surface area contributed by atoms with E-state index in [4.69, 9.17) is 0 Å². The zero-order valence-corrected chi connectivity index (χ0v) is 22.1. The molecule has 2 aliphatic rings. The Morgan fingerprint density at radius 2 is 0.909 bits per heavy atom. The SMILES string of the molecule is CC(C)c1c(-c2ccccc2)c(C(C)C)c(N2CCCCC2)c(C(C)C)c1N1CCCCC1. The molecular weight excluding hydrogens is 400 g/mol. The largest absolute Gasteiger partial charge is 0.371 e. The molecule has 2 aliphatic heterocycles. The van der Waals surface area contributed by atoms with E-state index < -0.39 is 0 Å². The van der Waals surface area contributed by atoms with Gasteiger partial charge in [0.2, 0.25) is 0 Å². The Labute approximate surface area is 203 Å². The molecule has 0 amide bonds. The van der Waals surface area contributed by atoms with Crippen LogP contribution in [-0.2, 0) is 0 Å². The van der Waals surface area contributed by atoms with Crippen LogP contribution in [-0.4, -0.2) is 26.2 Å². The maximum absolute atomic E-state index is 2.78. The van der Waals surface area contributed by atoms with Gasteiger partial charge in [0.25, 0.3) is 0 Å². The van der Waals surface area contributed by atoms with Crippen molar-refractivity contribution in [2.45, 2.75) is 97.8 Å². The van der Waals surface area contributed by atoms with Crippen molar-refractivity contribution >= 4 is 11.4 Å². The highest BCUT2D eigenvalue weighted by Gasteiger charge is 2.33. The van der Waals surface area contributed by atoms with Gasteiger partial charge in [0, 0.05) is 43.1 Å². The van der Waals surface area contributed by atoms with Gasteiger partial charge >= 0.3 is 0 Å². The first-order chi connectivity index (χ1) is 15.9. The average Bonchev–Trinajstić information content (AvgIpc) is 2.83. The van der Waals surface area contributed by atoms with Gasteiger partial charge in [-0.2, -0.15) is 0 Å².